The van der Waals surface area contributed by atoms with Crippen molar-refractivity contribution in [2.75, 3.05) is 0 Å². The molecule has 56 valence electrons. The van der Waals surface area contributed by atoms with Gasteiger partial charge in [0, 0.05) is 6.00 Å². The second-order valence-electron chi connectivity index (χ2n) is 3.09. The number of ether oxygens (including phenoxy) is 1. The predicted molar refractivity (Wildman–Crippen MR) is 39.9 cm³/mol. The van der Waals surface area contributed by atoms with Crippen LogP contribution < -0.4 is 0 Å². The highest BCUT2D eigenvalue weighted by Crippen LogP contribution is 2.26. The highest BCUT2D eigenvalue weighted by atomic mass is 16.5. The molecule has 0 bridgehead atoms. The van der Waals surface area contributed by atoms with Gasteiger partial charge in [-0.05, 0) is 19.3 Å². The molecule has 1 aliphatic rings. The fraction of sp³-hybridized carbons (Fsp3) is 1.00. The molecular formula is C7H13BO2. The van der Waals surface area contributed by atoms with E-state index in [4.69, 9.17) is 17.7 Å². The van der Waals surface area contributed by atoms with E-state index in [9.17, 15) is 0 Å². The molecule has 0 saturated carbocycles. The van der Waals surface area contributed by atoms with E-state index in [0.29, 0.717) is 5.92 Å². The molecule has 10 heavy (non-hydrogen) atoms. The van der Waals surface area contributed by atoms with Crippen LogP contribution in [0.1, 0.15) is 20.3 Å². The van der Waals surface area contributed by atoms with Crippen molar-refractivity contribution in [3.05, 3.63) is 0 Å². The van der Waals surface area contributed by atoms with Crippen molar-refractivity contribution >= 4 is 7.85 Å². The van der Waals surface area contributed by atoms with Gasteiger partial charge in [0.15, 0.2) is 0 Å². The van der Waals surface area contributed by atoms with Crippen molar-refractivity contribution in [1.29, 1.82) is 0 Å². The topological polar surface area (TPSA) is 29.5 Å². The summed E-state index contributed by atoms with van der Waals surface area (Å²) < 4.78 is 5.26. The van der Waals surface area contributed by atoms with Crippen molar-refractivity contribution < 1.29 is 9.84 Å². The fourth-order valence-electron chi connectivity index (χ4n) is 1.48. The highest BCUT2D eigenvalue weighted by molar-refractivity contribution is 6.11. The molecule has 2 nitrogen and oxygen atoms in total. The molecule has 3 heteroatoms. The van der Waals surface area contributed by atoms with Gasteiger partial charge in [-0.15, -0.1) is 0 Å². The molecule has 2 unspecified atom stereocenters. The van der Waals surface area contributed by atoms with E-state index < -0.39 is 6.10 Å². The van der Waals surface area contributed by atoms with E-state index in [2.05, 4.69) is 0 Å². The molecule has 1 N–H and O–H groups in total. The summed E-state index contributed by atoms with van der Waals surface area (Å²) in [6.07, 6.45) is 0.397. The molecule has 1 heterocycles. The first-order valence-electron chi connectivity index (χ1n) is 3.70. The van der Waals surface area contributed by atoms with Crippen LogP contribution in [-0.4, -0.2) is 31.2 Å². The summed E-state index contributed by atoms with van der Waals surface area (Å²) in [5.41, 5.74) is 0. The van der Waals surface area contributed by atoms with Gasteiger partial charge in [0.25, 0.3) is 0 Å². The van der Waals surface area contributed by atoms with E-state index in [1.165, 1.54) is 0 Å². The standard InChI is InChI=1S/C7H13BO2/c1-4-3-6(8)10-7(4)5(2)9/h4-7,9H,3H2,1-2H3/t4?,5?,6-,7-/m1/s1. The predicted octanol–water partition coefficient (Wildman–Crippen LogP) is 0.287. The normalized spacial score (nSPS) is 43.7. The van der Waals surface area contributed by atoms with Crippen LogP contribution in [0.2, 0.25) is 0 Å². The summed E-state index contributed by atoms with van der Waals surface area (Å²) in [5.74, 6) is 0.384. The smallest absolute Gasteiger partial charge is 0.109 e. The highest BCUT2D eigenvalue weighted by Gasteiger charge is 2.31. The minimum absolute atomic E-state index is 0.0602. The Hall–Kier alpha value is -0.0151. The molecule has 1 fully saturated rings. The lowest BCUT2D eigenvalue weighted by molar-refractivity contribution is -0.0168. The van der Waals surface area contributed by atoms with Gasteiger partial charge in [0.2, 0.25) is 0 Å². The summed E-state index contributed by atoms with van der Waals surface area (Å²) in [4.78, 5) is 0. The van der Waals surface area contributed by atoms with Crippen molar-refractivity contribution in [1.82, 2.24) is 0 Å². The molecule has 4 atom stereocenters. The van der Waals surface area contributed by atoms with E-state index in [0.717, 1.165) is 6.42 Å². The number of aliphatic hydroxyl groups is 1. The summed E-state index contributed by atoms with van der Waals surface area (Å²) in [7, 11) is 5.52. The maximum absolute atomic E-state index is 9.16. The van der Waals surface area contributed by atoms with Crippen molar-refractivity contribution in [2.24, 2.45) is 5.92 Å². The summed E-state index contributed by atoms with van der Waals surface area (Å²) in [6, 6.07) is -0.172. The SMILES string of the molecule is [B][C@H]1CC(C)[C@H](C(C)O)O1. The Balaban J connectivity index is 2.46. The molecule has 0 aromatic heterocycles. The first-order valence-corrected chi connectivity index (χ1v) is 3.70. The zero-order valence-corrected chi connectivity index (χ0v) is 6.45. The van der Waals surface area contributed by atoms with E-state index >= 15 is 0 Å². The number of aliphatic hydroxyl groups excluding tert-OH is 1. The molecule has 2 radical (unpaired) electrons. The van der Waals surface area contributed by atoms with Gasteiger partial charge in [0.1, 0.15) is 7.85 Å². The molecule has 0 amide bonds. The molecule has 0 aromatic rings. The van der Waals surface area contributed by atoms with Gasteiger partial charge in [0.05, 0.1) is 12.2 Å². The molecule has 0 aromatic carbocycles. The van der Waals surface area contributed by atoms with E-state index in [-0.39, 0.29) is 12.1 Å². The first-order chi connectivity index (χ1) is 4.61. The van der Waals surface area contributed by atoms with Gasteiger partial charge in [-0.3, -0.25) is 0 Å². The Morgan fingerprint density at radius 1 is 1.70 bits per heavy atom. The quantitative estimate of drug-likeness (QED) is 0.530. The Morgan fingerprint density at radius 3 is 2.50 bits per heavy atom. The van der Waals surface area contributed by atoms with Crippen LogP contribution in [0, 0.1) is 5.92 Å². The van der Waals surface area contributed by atoms with Gasteiger partial charge in [-0.25, -0.2) is 0 Å². The van der Waals surface area contributed by atoms with Crippen LogP contribution in [0.3, 0.4) is 0 Å². The van der Waals surface area contributed by atoms with Crippen LogP contribution in [0.25, 0.3) is 0 Å². The zero-order valence-electron chi connectivity index (χ0n) is 6.45. The lowest BCUT2D eigenvalue weighted by Gasteiger charge is -2.17. The largest absolute Gasteiger partial charge is 0.391 e. The van der Waals surface area contributed by atoms with Crippen LogP contribution in [0.5, 0.6) is 0 Å². The zero-order chi connectivity index (χ0) is 7.72. The first kappa shape index (κ1) is 8.09. The third-order valence-corrected chi connectivity index (χ3v) is 1.97. The second-order valence-corrected chi connectivity index (χ2v) is 3.09. The average Bonchev–Trinajstić information content (AvgIpc) is 2.10. The lowest BCUT2D eigenvalue weighted by atomic mass is 9.91. The van der Waals surface area contributed by atoms with Gasteiger partial charge >= 0.3 is 0 Å². The van der Waals surface area contributed by atoms with Crippen LogP contribution >= 0.6 is 0 Å². The number of rotatable bonds is 1. The number of hydrogen-bond acceptors (Lipinski definition) is 2. The molecular weight excluding hydrogens is 127 g/mol. The Kier molecular flexibility index (Phi) is 2.37. The fourth-order valence-corrected chi connectivity index (χ4v) is 1.48. The van der Waals surface area contributed by atoms with E-state index in [1.54, 1.807) is 6.92 Å². The third kappa shape index (κ3) is 1.52. The van der Waals surface area contributed by atoms with Crippen LogP contribution in [0.4, 0.5) is 0 Å². The summed E-state index contributed by atoms with van der Waals surface area (Å²) >= 11 is 0. The Bertz CT molecular complexity index is 116. The van der Waals surface area contributed by atoms with Gasteiger partial charge in [-0.1, -0.05) is 6.92 Å². The molecule has 0 spiro atoms. The molecule has 1 aliphatic heterocycles. The minimum atomic E-state index is -0.399. The monoisotopic (exact) mass is 140 g/mol. The third-order valence-electron chi connectivity index (χ3n) is 1.97. The lowest BCUT2D eigenvalue weighted by Crippen LogP contribution is -2.27. The number of hydrogen-bond donors (Lipinski definition) is 1. The summed E-state index contributed by atoms with van der Waals surface area (Å²) in [6.45, 7) is 3.78. The molecule has 1 saturated heterocycles. The molecule has 1 rings (SSSR count). The minimum Gasteiger partial charge on any atom is -0.391 e. The molecule has 0 aliphatic carbocycles. The second kappa shape index (κ2) is 2.93. The summed E-state index contributed by atoms with van der Waals surface area (Å²) in [5, 5.41) is 9.16. The maximum Gasteiger partial charge on any atom is 0.109 e. The Morgan fingerprint density at radius 2 is 2.30 bits per heavy atom. The Labute approximate surface area is 63.0 Å². The average molecular weight is 140 g/mol. The maximum atomic E-state index is 9.16. The van der Waals surface area contributed by atoms with Crippen LogP contribution in [-0.2, 0) is 4.74 Å². The van der Waals surface area contributed by atoms with Crippen molar-refractivity contribution in [2.45, 2.75) is 38.5 Å². The van der Waals surface area contributed by atoms with Crippen molar-refractivity contribution in [3.63, 3.8) is 0 Å². The van der Waals surface area contributed by atoms with Crippen LogP contribution in [0.15, 0.2) is 0 Å². The van der Waals surface area contributed by atoms with Crippen molar-refractivity contribution in [3.8, 4) is 0 Å². The van der Waals surface area contributed by atoms with Gasteiger partial charge in [-0.2, -0.15) is 0 Å². The van der Waals surface area contributed by atoms with E-state index in [1.807, 2.05) is 6.92 Å². The van der Waals surface area contributed by atoms with Gasteiger partial charge < -0.3 is 9.84 Å².